The van der Waals surface area contributed by atoms with Crippen molar-refractivity contribution in [3.63, 3.8) is 0 Å². The average molecular weight is 364 g/mol. The molecule has 7 nitrogen and oxygen atoms in total. The van der Waals surface area contributed by atoms with Crippen molar-refractivity contribution < 1.29 is 14.1 Å². The minimum Gasteiger partial charge on any atom is -0.496 e. The zero-order chi connectivity index (χ0) is 19.0. The summed E-state index contributed by atoms with van der Waals surface area (Å²) in [7, 11) is 1.66. The summed E-state index contributed by atoms with van der Waals surface area (Å²) >= 11 is 0. The molecule has 27 heavy (non-hydrogen) atoms. The van der Waals surface area contributed by atoms with Gasteiger partial charge < -0.3 is 19.1 Å². The van der Waals surface area contributed by atoms with Crippen molar-refractivity contribution in [1.29, 1.82) is 0 Å². The highest BCUT2D eigenvalue weighted by Crippen LogP contribution is 2.26. The third kappa shape index (κ3) is 3.01. The molecule has 0 saturated carbocycles. The Labute approximate surface area is 155 Å². The number of carbonyl (C=O) groups excluding carboxylic acids is 1. The number of rotatable bonds is 5. The van der Waals surface area contributed by atoms with Gasteiger partial charge in [0.1, 0.15) is 5.75 Å². The van der Waals surface area contributed by atoms with Gasteiger partial charge in [-0.05, 0) is 38.1 Å². The van der Waals surface area contributed by atoms with Crippen LogP contribution in [0.3, 0.4) is 0 Å². The predicted molar refractivity (Wildman–Crippen MR) is 102 cm³/mol. The molecule has 0 saturated heterocycles. The number of benzene rings is 1. The van der Waals surface area contributed by atoms with Crippen LogP contribution in [-0.2, 0) is 6.54 Å². The minimum atomic E-state index is -0.161. The molecule has 1 aromatic carbocycles. The van der Waals surface area contributed by atoms with Crippen LogP contribution in [-0.4, -0.2) is 34.3 Å². The molecule has 0 unspecified atom stereocenters. The fourth-order valence-electron chi connectivity index (χ4n) is 3.35. The Kier molecular flexibility index (Phi) is 4.27. The third-order valence-electron chi connectivity index (χ3n) is 4.62. The second-order valence-corrected chi connectivity index (χ2v) is 6.42. The Bertz CT molecular complexity index is 1140. The molecule has 0 aliphatic heterocycles. The SMILES string of the molecule is COc1cccc2c1ccn2CCNC(=O)c1cc(C)nc2onc(C)c12. The van der Waals surface area contributed by atoms with Crippen molar-refractivity contribution in [1.82, 2.24) is 20.0 Å². The maximum Gasteiger partial charge on any atom is 0.258 e. The van der Waals surface area contributed by atoms with E-state index in [1.54, 1.807) is 20.1 Å². The van der Waals surface area contributed by atoms with Crippen molar-refractivity contribution >= 4 is 27.9 Å². The van der Waals surface area contributed by atoms with E-state index in [-0.39, 0.29) is 5.91 Å². The van der Waals surface area contributed by atoms with E-state index in [1.165, 1.54) is 0 Å². The molecule has 3 heterocycles. The van der Waals surface area contributed by atoms with Crippen LogP contribution in [0.15, 0.2) is 41.1 Å². The van der Waals surface area contributed by atoms with Gasteiger partial charge in [-0.3, -0.25) is 4.79 Å². The van der Waals surface area contributed by atoms with Crippen LogP contribution in [0.4, 0.5) is 0 Å². The van der Waals surface area contributed by atoms with Crippen molar-refractivity contribution in [2.45, 2.75) is 20.4 Å². The van der Waals surface area contributed by atoms with Crippen LogP contribution in [0.25, 0.3) is 22.0 Å². The summed E-state index contributed by atoms with van der Waals surface area (Å²) in [5.74, 6) is 0.679. The van der Waals surface area contributed by atoms with Gasteiger partial charge in [0, 0.05) is 30.4 Å². The molecule has 4 rings (SSSR count). The van der Waals surface area contributed by atoms with E-state index in [1.807, 2.05) is 37.4 Å². The van der Waals surface area contributed by atoms with Crippen molar-refractivity contribution in [3.05, 3.63) is 53.5 Å². The number of hydrogen-bond acceptors (Lipinski definition) is 5. The van der Waals surface area contributed by atoms with E-state index in [9.17, 15) is 4.79 Å². The van der Waals surface area contributed by atoms with Gasteiger partial charge in [0.05, 0.1) is 29.3 Å². The molecule has 3 aromatic heterocycles. The summed E-state index contributed by atoms with van der Waals surface area (Å²) in [5, 5.41) is 8.61. The van der Waals surface area contributed by atoms with E-state index >= 15 is 0 Å². The number of hydrogen-bond donors (Lipinski definition) is 1. The number of nitrogens with zero attached hydrogens (tertiary/aromatic N) is 3. The van der Waals surface area contributed by atoms with Crippen LogP contribution >= 0.6 is 0 Å². The summed E-state index contributed by atoms with van der Waals surface area (Å²) in [6.07, 6.45) is 2.00. The van der Waals surface area contributed by atoms with Gasteiger partial charge in [-0.1, -0.05) is 11.2 Å². The number of aromatic nitrogens is 3. The Hall–Kier alpha value is -3.35. The molecule has 1 amide bonds. The highest BCUT2D eigenvalue weighted by Gasteiger charge is 2.17. The van der Waals surface area contributed by atoms with Crippen LogP contribution in [0.5, 0.6) is 5.75 Å². The molecule has 1 N–H and O–H groups in total. The van der Waals surface area contributed by atoms with Crippen LogP contribution in [0, 0.1) is 13.8 Å². The van der Waals surface area contributed by atoms with E-state index in [2.05, 4.69) is 20.0 Å². The molecular weight excluding hydrogens is 344 g/mol. The quantitative estimate of drug-likeness (QED) is 0.588. The van der Waals surface area contributed by atoms with Crippen molar-refractivity contribution in [2.24, 2.45) is 0 Å². The molecule has 0 atom stereocenters. The van der Waals surface area contributed by atoms with Gasteiger partial charge in [-0.25, -0.2) is 4.98 Å². The van der Waals surface area contributed by atoms with Gasteiger partial charge >= 0.3 is 0 Å². The number of nitrogens with one attached hydrogen (secondary N) is 1. The molecular formula is C20H20N4O3. The molecule has 0 fully saturated rings. The maximum atomic E-state index is 12.7. The molecule has 4 aromatic rings. The lowest BCUT2D eigenvalue weighted by Gasteiger charge is -2.09. The Morgan fingerprint density at radius 2 is 2.15 bits per heavy atom. The summed E-state index contributed by atoms with van der Waals surface area (Å²) in [4.78, 5) is 17.0. The van der Waals surface area contributed by atoms with Crippen molar-refractivity contribution in [2.75, 3.05) is 13.7 Å². The normalized spacial score (nSPS) is 11.2. The lowest BCUT2D eigenvalue weighted by Crippen LogP contribution is -2.27. The molecule has 138 valence electrons. The van der Waals surface area contributed by atoms with Gasteiger partial charge in [0.15, 0.2) is 0 Å². The summed E-state index contributed by atoms with van der Waals surface area (Å²) in [6, 6.07) is 9.72. The molecule has 0 bridgehead atoms. The second kappa shape index (κ2) is 6.75. The van der Waals surface area contributed by atoms with Crippen LogP contribution in [0.2, 0.25) is 0 Å². The first-order valence-corrected chi connectivity index (χ1v) is 8.72. The van der Waals surface area contributed by atoms with Gasteiger partial charge in [-0.15, -0.1) is 0 Å². The third-order valence-corrected chi connectivity index (χ3v) is 4.62. The molecule has 0 spiro atoms. The number of aryl methyl sites for hydroxylation is 2. The highest BCUT2D eigenvalue weighted by molar-refractivity contribution is 6.06. The average Bonchev–Trinajstić information content (AvgIpc) is 3.24. The molecule has 0 aliphatic rings. The minimum absolute atomic E-state index is 0.161. The number of ether oxygens (including phenoxy) is 1. The lowest BCUT2D eigenvalue weighted by atomic mass is 10.1. The van der Waals surface area contributed by atoms with E-state index in [0.29, 0.717) is 41.1 Å². The standard InChI is InChI=1S/C20H20N4O3/c1-12-11-15(18-13(2)23-27-20(18)22-12)19(25)21-8-10-24-9-7-14-16(24)5-4-6-17(14)26-3/h4-7,9,11H,8,10H2,1-3H3,(H,21,25). The lowest BCUT2D eigenvalue weighted by molar-refractivity contribution is 0.0954. The number of methoxy groups -OCH3 is 1. The fourth-order valence-corrected chi connectivity index (χ4v) is 3.35. The number of pyridine rings is 1. The van der Waals surface area contributed by atoms with E-state index < -0.39 is 0 Å². The zero-order valence-electron chi connectivity index (χ0n) is 15.4. The zero-order valence-corrected chi connectivity index (χ0v) is 15.4. The molecule has 0 radical (unpaired) electrons. The smallest absolute Gasteiger partial charge is 0.258 e. The summed E-state index contributed by atoms with van der Waals surface area (Å²) in [6.45, 7) is 4.78. The second-order valence-electron chi connectivity index (χ2n) is 6.42. The molecule has 7 heteroatoms. The van der Waals surface area contributed by atoms with Gasteiger partial charge in [-0.2, -0.15) is 0 Å². The fraction of sp³-hybridized carbons (Fsp3) is 0.250. The monoisotopic (exact) mass is 364 g/mol. The predicted octanol–water partition coefficient (Wildman–Crippen LogP) is 3.23. The Balaban J connectivity index is 1.52. The highest BCUT2D eigenvalue weighted by atomic mass is 16.5. The number of amides is 1. The van der Waals surface area contributed by atoms with Crippen molar-refractivity contribution in [3.8, 4) is 5.75 Å². The van der Waals surface area contributed by atoms with Gasteiger partial charge in [0.2, 0.25) is 0 Å². The Morgan fingerprint density at radius 3 is 2.96 bits per heavy atom. The Morgan fingerprint density at radius 1 is 1.30 bits per heavy atom. The first-order chi connectivity index (χ1) is 13.1. The first kappa shape index (κ1) is 17.1. The van der Waals surface area contributed by atoms with E-state index in [4.69, 9.17) is 9.26 Å². The maximum absolute atomic E-state index is 12.7. The molecule has 0 aliphatic carbocycles. The summed E-state index contributed by atoms with van der Waals surface area (Å²) < 4.78 is 12.7. The number of carbonyl (C=O) groups is 1. The first-order valence-electron chi connectivity index (χ1n) is 8.72. The van der Waals surface area contributed by atoms with E-state index in [0.717, 1.165) is 16.7 Å². The van der Waals surface area contributed by atoms with Crippen LogP contribution in [0.1, 0.15) is 21.7 Å². The largest absolute Gasteiger partial charge is 0.496 e. The van der Waals surface area contributed by atoms with Crippen LogP contribution < -0.4 is 10.1 Å². The topological polar surface area (TPSA) is 82.2 Å². The number of fused-ring (bicyclic) bond motifs is 2. The summed E-state index contributed by atoms with van der Waals surface area (Å²) in [5.41, 5.74) is 3.37. The van der Waals surface area contributed by atoms with Gasteiger partial charge in [0.25, 0.3) is 11.6 Å².